The maximum absolute atomic E-state index is 5.72. The normalized spacial score (nSPS) is 12.7. The molecule has 0 aliphatic carbocycles. The Bertz CT molecular complexity index is 473. The predicted molar refractivity (Wildman–Crippen MR) is 63.4 cm³/mol. The molecule has 0 radical (unpaired) electrons. The quantitative estimate of drug-likeness (QED) is 0.845. The number of nitrogens with zero attached hydrogens (tertiary/aromatic N) is 3. The third kappa shape index (κ3) is 2.46. The fourth-order valence-corrected chi connectivity index (χ4v) is 1.62. The van der Waals surface area contributed by atoms with E-state index in [2.05, 4.69) is 29.4 Å². The van der Waals surface area contributed by atoms with E-state index in [0.29, 0.717) is 0 Å². The lowest BCUT2D eigenvalue weighted by molar-refractivity contribution is 0.716. The molecule has 0 bridgehead atoms. The van der Waals surface area contributed by atoms with Gasteiger partial charge in [0.05, 0.1) is 17.6 Å². The van der Waals surface area contributed by atoms with E-state index in [0.717, 1.165) is 17.8 Å². The van der Waals surface area contributed by atoms with E-state index in [1.54, 1.807) is 4.68 Å². The van der Waals surface area contributed by atoms with Gasteiger partial charge >= 0.3 is 0 Å². The van der Waals surface area contributed by atoms with Crippen molar-refractivity contribution in [2.24, 2.45) is 5.73 Å². The zero-order valence-corrected chi connectivity index (χ0v) is 9.59. The molecule has 84 valence electrons. The molecule has 16 heavy (non-hydrogen) atoms. The van der Waals surface area contributed by atoms with Crippen molar-refractivity contribution in [3.63, 3.8) is 0 Å². The minimum Gasteiger partial charge on any atom is -0.328 e. The second kappa shape index (κ2) is 4.45. The van der Waals surface area contributed by atoms with Gasteiger partial charge in [0.1, 0.15) is 0 Å². The van der Waals surface area contributed by atoms with Crippen LogP contribution >= 0.6 is 0 Å². The second-order valence-electron chi connectivity index (χ2n) is 4.17. The number of rotatable bonds is 3. The molecular formula is C12H16N4. The monoisotopic (exact) mass is 216 g/mol. The number of aryl methyl sites for hydroxylation is 1. The standard InChI is InChI=1S/C12H16N4/c1-9-4-3-5-12(6-9)16-8-11(14-15-16)7-10(2)13/h3-6,8,10H,7,13H2,1-2H3. The maximum Gasteiger partial charge on any atom is 0.0847 e. The number of benzene rings is 1. The first-order valence-corrected chi connectivity index (χ1v) is 5.39. The number of nitrogens with two attached hydrogens (primary N) is 1. The molecule has 0 saturated carbocycles. The number of aromatic nitrogens is 3. The van der Waals surface area contributed by atoms with Gasteiger partial charge < -0.3 is 5.73 Å². The first-order valence-electron chi connectivity index (χ1n) is 5.39. The summed E-state index contributed by atoms with van der Waals surface area (Å²) in [7, 11) is 0. The van der Waals surface area contributed by atoms with Crippen LogP contribution in [0.5, 0.6) is 0 Å². The Morgan fingerprint density at radius 3 is 2.94 bits per heavy atom. The van der Waals surface area contributed by atoms with Crippen LogP contribution in [0.2, 0.25) is 0 Å². The van der Waals surface area contributed by atoms with Gasteiger partial charge in [0, 0.05) is 12.5 Å². The van der Waals surface area contributed by atoms with Gasteiger partial charge in [-0.2, -0.15) is 0 Å². The summed E-state index contributed by atoms with van der Waals surface area (Å²) in [5, 5.41) is 8.19. The summed E-state index contributed by atoms with van der Waals surface area (Å²) in [6.07, 6.45) is 2.68. The van der Waals surface area contributed by atoms with E-state index in [-0.39, 0.29) is 6.04 Å². The summed E-state index contributed by atoms with van der Waals surface area (Å²) in [4.78, 5) is 0. The van der Waals surface area contributed by atoms with Gasteiger partial charge in [0.15, 0.2) is 0 Å². The van der Waals surface area contributed by atoms with Crippen molar-refractivity contribution in [3.05, 3.63) is 41.7 Å². The molecular weight excluding hydrogens is 200 g/mol. The fourth-order valence-electron chi connectivity index (χ4n) is 1.62. The van der Waals surface area contributed by atoms with Crippen molar-refractivity contribution in [2.45, 2.75) is 26.3 Å². The molecule has 0 fully saturated rings. The molecule has 0 spiro atoms. The Morgan fingerprint density at radius 2 is 2.25 bits per heavy atom. The summed E-state index contributed by atoms with van der Waals surface area (Å²) in [6.45, 7) is 4.02. The first-order chi connectivity index (χ1) is 7.65. The Labute approximate surface area is 95.1 Å². The van der Waals surface area contributed by atoms with Gasteiger partial charge in [-0.05, 0) is 31.5 Å². The van der Waals surface area contributed by atoms with Gasteiger partial charge in [-0.3, -0.25) is 0 Å². The molecule has 0 aliphatic heterocycles. The van der Waals surface area contributed by atoms with Crippen LogP contribution < -0.4 is 5.73 Å². The molecule has 0 amide bonds. The molecule has 1 aromatic heterocycles. The van der Waals surface area contributed by atoms with Crippen molar-refractivity contribution in [1.29, 1.82) is 0 Å². The van der Waals surface area contributed by atoms with Gasteiger partial charge in [-0.1, -0.05) is 17.3 Å². The minimum atomic E-state index is 0.114. The van der Waals surface area contributed by atoms with E-state index in [1.807, 2.05) is 25.3 Å². The second-order valence-corrected chi connectivity index (χ2v) is 4.17. The predicted octanol–water partition coefficient (Wildman–Crippen LogP) is 1.47. The average molecular weight is 216 g/mol. The van der Waals surface area contributed by atoms with Crippen molar-refractivity contribution in [1.82, 2.24) is 15.0 Å². The van der Waals surface area contributed by atoms with Crippen LogP contribution in [0.25, 0.3) is 5.69 Å². The van der Waals surface area contributed by atoms with Gasteiger partial charge in [0.25, 0.3) is 0 Å². The van der Waals surface area contributed by atoms with Crippen LogP contribution in [0.3, 0.4) is 0 Å². The van der Waals surface area contributed by atoms with E-state index in [4.69, 9.17) is 5.73 Å². The first kappa shape index (κ1) is 10.8. The Morgan fingerprint density at radius 1 is 1.44 bits per heavy atom. The molecule has 2 aromatic rings. The molecule has 2 rings (SSSR count). The summed E-state index contributed by atoms with van der Waals surface area (Å²) < 4.78 is 1.78. The summed E-state index contributed by atoms with van der Waals surface area (Å²) in [6, 6.07) is 8.27. The fraction of sp³-hybridized carbons (Fsp3) is 0.333. The number of hydrogen-bond donors (Lipinski definition) is 1. The molecule has 0 aliphatic rings. The van der Waals surface area contributed by atoms with Crippen LogP contribution in [0, 0.1) is 6.92 Å². The van der Waals surface area contributed by atoms with Crippen molar-refractivity contribution in [3.8, 4) is 5.69 Å². The summed E-state index contributed by atoms with van der Waals surface area (Å²) in [5.74, 6) is 0. The minimum absolute atomic E-state index is 0.114. The van der Waals surface area contributed by atoms with Gasteiger partial charge in [-0.15, -0.1) is 5.10 Å². The lowest BCUT2D eigenvalue weighted by Crippen LogP contribution is -2.17. The molecule has 1 aromatic carbocycles. The smallest absolute Gasteiger partial charge is 0.0847 e. The van der Waals surface area contributed by atoms with Crippen LogP contribution in [-0.4, -0.2) is 21.0 Å². The molecule has 1 atom stereocenters. The number of hydrogen-bond acceptors (Lipinski definition) is 3. The highest BCUT2D eigenvalue weighted by Gasteiger charge is 2.04. The summed E-state index contributed by atoms with van der Waals surface area (Å²) >= 11 is 0. The van der Waals surface area contributed by atoms with Gasteiger partial charge in [0.2, 0.25) is 0 Å². The van der Waals surface area contributed by atoms with E-state index < -0.39 is 0 Å². The van der Waals surface area contributed by atoms with Crippen LogP contribution in [0.4, 0.5) is 0 Å². The van der Waals surface area contributed by atoms with E-state index in [9.17, 15) is 0 Å². The van der Waals surface area contributed by atoms with Crippen LogP contribution in [0.1, 0.15) is 18.2 Å². The van der Waals surface area contributed by atoms with Crippen LogP contribution in [0.15, 0.2) is 30.5 Å². The maximum atomic E-state index is 5.72. The van der Waals surface area contributed by atoms with Crippen molar-refractivity contribution < 1.29 is 0 Å². The molecule has 4 heteroatoms. The Balaban J connectivity index is 2.24. The molecule has 4 nitrogen and oxygen atoms in total. The highest BCUT2D eigenvalue weighted by Crippen LogP contribution is 2.09. The SMILES string of the molecule is Cc1cccc(-n2cc(CC(C)N)nn2)c1. The highest BCUT2D eigenvalue weighted by atomic mass is 15.4. The Kier molecular flexibility index (Phi) is 3.01. The summed E-state index contributed by atoms with van der Waals surface area (Å²) in [5.41, 5.74) is 8.89. The molecule has 1 unspecified atom stereocenters. The average Bonchev–Trinajstić information content (AvgIpc) is 2.65. The highest BCUT2D eigenvalue weighted by molar-refractivity contribution is 5.34. The lowest BCUT2D eigenvalue weighted by Gasteiger charge is -2.01. The van der Waals surface area contributed by atoms with Crippen molar-refractivity contribution in [2.75, 3.05) is 0 Å². The topological polar surface area (TPSA) is 56.7 Å². The third-order valence-electron chi connectivity index (χ3n) is 2.34. The molecule has 1 heterocycles. The lowest BCUT2D eigenvalue weighted by atomic mass is 10.2. The van der Waals surface area contributed by atoms with Gasteiger partial charge in [-0.25, -0.2) is 4.68 Å². The van der Waals surface area contributed by atoms with Crippen LogP contribution in [-0.2, 0) is 6.42 Å². The largest absolute Gasteiger partial charge is 0.328 e. The zero-order valence-electron chi connectivity index (χ0n) is 9.59. The van der Waals surface area contributed by atoms with E-state index in [1.165, 1.54) is 5.56 Å². The third-order valence-corrected chi connectivity index (χ3v) is 2.34. The zero-order chi connectivity index (χ0) is 11.5. The van der Waals surface area contributed by atoms with Crippen molar-refractivity contribution >= 4 is 0 Å². The van der Waals surface area contributed by atoms with E-state index >= 15 is 0 Å². The Hall–Kier alpha value is -1.68. The molecule has 2 N–H and O–H groups in total. The molecule has 0 saturated heterocycles.